The summed E-state index contributed by atoms with van der Waals surface area (Å²) in [5.74, 6) is -0.413. The Balaban J connectivity index is 3.17. The molecule has 0 aliphatic rings. The second kappa shape index (κ2) is 5.05. The summed E-state index contributed by atoms with van der Waals surface area (Å²) in [6.45, 7) is 0.329. The van der Waals surface area contributed by atoms with Gasteiger partial charge in [0.1, 0.15) is 5.75 Å². The van der Waals surface area contributed by atoms with Crippen molar-refractivity contribution >= 4 is 15.9 Å². The third-order valence-electron chi connectivity index (χ3n) is 2.13. The van der Waals surface area contributed by atoms with Gasteiger partial charge >= 0.3 is 6.18 Å². The quantitative estimate of drug-likeness (QED) is 0.901. The van der Waals surface area contributed by atoms with Crippen molar-refractivity contribution < 1.29 is 18.3 Å². The highest BCUT2D eigenvalue weighted by Gasteiger charge is 2.33. The fourth-order valence-electron chi connectivity index (χ4n) is 1.37. The lowest BCUT2D eigenvalue weighted by Gasteiger charge is -2.14. The number of hydrogen-bond acceptors (Lipinski definition) is 2. The molecule has 1 aromatic rings. The molecule has 0 radical (unpaired) electrons. The summed E-state index contributed by atoms with van der Waals surface area (Å²) in [5, 5.41) is 9.24. The van der Waals surface area contributed by atoms with Crippen molar-refractivity contribution in [1.82, 2.24) is 0 Å². The van der Waals surface area contributed by atoms with E-state index < -0.39 is 17.5 Å². The Morgan fingerprint density at radius 2 is 1.94 bits per heavy atom. The Morgan fingerprint density at radius 3 is 2.44 bits per heavy atom. The van der Waals surface area contributed by atoms with Crippen LogP contribution in [0.4, 0.5) is 13.2 Å². The van der Waals surface area contributed by atoms with Crippen LogP contribution in [-0.2, 0) is 12.6 Å². The van der Waals surface area contributed by atoms with E-state index in [9.17, 15) is 18.3 Å². The molecule has 0 saturated carbocycles. The lowest BCUT2D eigenvalue weighted by atomic mass is 10.0. The minimum atomic E-state index is -4.46. The Kier molecular flexibility index (Phi) is 4.21. The average molecular weight is 298 g/mol. The normalized spacial score (nSPS) is 11.8. The molecule has 3 N–H and O–H groups in total. The van der Waals surface area contributed by atoms with Crippen molar-refractivity contribution in [3.63, 3.8) is 0 Å². The SMILES string of the molecule is NCCCc1cc(Br)c(O)cc1C(F)(F)F. The van der Waals surface area contributed by atoms with Gasteiger partial charge in [0.15, 0.2) is 0 Å². The predicted molar refractivity (Wildman–Crippen MR) is 58.2 cm³/mol. The van der Waals surface area contributed by atoms with Gasteiger partial charge in [0.05, 0.1) is 10.0 Å². The number of aromatic hydroxyl groups is 1. The zero-order valence-corrected chi connectivity index (χ0v) is 9.90. The molecule has 0 bridgehead atoms. The van der Waals surface area contributed by atoms with E-state index >= 15 is 0 Å². The molecule has 0 aliphatic carbocycles. The van der Waals surface area contributed by atoms with E-state index in [1.54, 1.807) is 0 Å². The highest BCUT2D eigenvalue weighted by atomic mass is 79.9. The van der Waals surface area contributed by atoms with Gasteiger partial charge in [-0.2, -0.15) is 13.2 Å². The second-order valence-corrected chi connectivity index (χ2v) is 4.21. The Hall–Kier alpha value is -0.750. The molecule has 90 valence electrons. The number of alkyl halides is 3. The summed E-state index contributed by atoms with van der Waals surface area (Å²) in [4.78, 5) is 0. The molecule has 0 unspecified atom stereocenters. The van der Waals surface area contributed by atoms with Crippen LogP contribution in [0.15, 0.2) is 16.6 Å². The van der Waals surface area contributed by atoms with Crippen LogP contribution in [0.1, 0.15) is 17.5 Å². The van der Waals surface area contributed by atoms with E-state index in [0.29, 0.717) is 13.0 Å². The molecular formula is C10H11BrF3NO. The number of phenolic OH excluding ortho intramolecular Hbond substituents is 1. The molecule has 1 rings (SSSR count). The van der Waals surface area contributed by atoms with E-state index in [4.69, 9.17) is 5.73 Å². The molecule has 0 heterocycles. The maximum Gasteiger partial charge on any atom is 0.416 e. The first kappa shape index (κ1) is 13.3. The van der Waals surface area contributed by atoms with E-state index in [2.05, 4.69) is 15.9 Å². The van der Waals surface area contributed by atoms with Crippen molar-refractivity contribution in [2.45, 2.75) is 19.0 Å². The van der Waals surface area contributed by atoms with E-state index in [1.165, 1.54) is 6.07 Å². The van der Waals surface area contributed by atoms with Gasteiger partial charge in [-0.3, -0.25) is 0 Å². The number of hydrogen-bond donors (Lipinski definition) is 2. The molecule has 0 amide bonds. The van der Waals surface area contributed by atoms with Gasteiger partial charge < -0.3 is 10.8 Å². The topological polar surface area (TPSA) is 46.2 Å². The Bertz CT molecular complexity index is 379. The summed E-state index contributed by atoms with van der Waals surface area (Å²) in [5.41, 5.74) is 4.60. The van der Waals surface area contributed by atoms with Crippen LogP contribution in [0, 0.1) is 0 Å². The predicted octanol–water partition coefficient (Wildman–Crippen LogP) is 3.06. The van der Waals surface area contributed by atoms with Crippen LogP contribution in [0.2, 0.25) is 0 Å². The standard InChI is InChI=1S/C10H11BrF3NO/c11-8-4-6(2-1-3-15)7(5-9(8)16)10(12,13)14/h4-5,16H,1-3,15H2. The summed E-state index contributed by atoms with van der Waals surface area (Å²) in [7, 11) is 0. The van der Waals surface area contributed by atoms with Gasteiger partial charge in [0.25, 0.3) is 0 Å². The maximum absolute atomic E-state index is 12.6. The summed E-state index contributed by atoms with van der Waals surface area (Å²) in [6.07, 6.45) is -3.74. The number of aryl methyl sites for hydroxylation is 1. The average Bonchev–Trinajstić information content (AvgIpc) is 2.17. The smallest absolute Gasteiger partial charge is 0.416 e. The minimum absolute atomic E-state index is 0.141. The fraction of sp³-hybridized carbons (Fsp3) is 0.400. The molecule has 0 atom stereocenters. The third kappa shape index (κ3) is 3.12. The fourth-order valence-corrected chi connectivity index (χ4v) is 1.76. The highest BCUT2D eigenvalue weighted by Crippen LogP contribution is 2.37. The number of nitrogens with two attached hydrogens (primary N) is 1. The van der Waals surface area contributed by atoms with Crippen LogP contribution in [0.25, 0.3) is 0 Å². The first-order valence-electron chi connectivity index (χ1n) is 4.65. The van der Waals surface area contributed by atoms with Crippen LogP contribution in [0.5, 0.6) is 5.75 Å². The minimum Gasteiger partial charge on any atom is -0.507 e. The van der Waals surface area contributed by atoms with Crippen LogP contribution in [-0.4, -0.2) is 11.7 Å². The summed E-state index contributed by atoms with van der Waals surface area (Å²) in [6, 6.07) is 2.02. The largest absolute Gasteiger partial charge is 0.507 e. The number of halogens is 4. The molecule has 0 aromatic heterocycles. The van der Waals surface area contributed by atoms with E-state index in [1.807, 2.05) is 0 Å². The van der Waals surface area contributed by atoms with Gasteiger partial charge in [-0.15, -0.1) is 0 Å². The van der Waals surface area contributed by atoms with Crippen LogP contribution < -0.4 is 5.73 Å². The summed E-state index contributed by atoms with van der Waals surface area (Å²) < 4.78 is 38.1. The zero-order chi connectivity index (χ0) is 12.3. The number of rotatable bonds is 3. The van der Waals surface area contributed by atoms with Crippen molar-refractivity contribution in [3.8, 4) is 5.75 Å². The van der Waals surface area contributed by atoms with Gasteiger partial charge in [0, 0.05) is 0 Å². The number of phenols is 1. The first-order valence-corrected chi connectivity index (χ1v) is 5.44. The third-order valence-corrected chi connectivity index (χ3v) is 2.76. The molecular weight excluding hydrogens is 287 g/mol. The van der Waals surface area contributed by atoms with Gasteiger partial charge in [-0.1, -0.05) is 0 Å². The van der Waals surface area contributed by atoms with Gasteiger partial charge in [-0.05, 0) is 53.0 Å². The number of benzene rings is 1. The maximum atomic E-state index is 12.6. The van der Waals surface area contributed by atoms with Crippen molar-refractivity contribution in [2.24, 2.45) is 5.73 Å². The molecule has 2 nitrogen and oxygen atoms in total. The molecule has 0 spiro atoms. The Labute approximate surface area is 99.4 Å². The van der Waals surface area contributed by atoms with Gasteiger partial charge in [0.2, 0.25) is 0 Å². The first-order chi connectivity index (χ1) is 7.36. The molecule has 0 saturated heterocycles. The van der Waals surface area contributed by atoms with Crippen molar-refractivity contribution in [1.29, 1.82) is 0 Å². The molecule has 0 aliphatic heterocycles. The molecule has 6 heteroatoms. The van der Waals surface area contributed by atoms with Crippen molar-refractivity contribution in [3.05, 3.63) is 27.7 Å². The monoisotopic (exact) mass is 297 g/mol. The van der Waals surface area contributed by atoms with Crippen LogP contribution in [0.3, 0.4) is 0 Å². The van der Waals surface area contributed by atoms with Gasteiger partial charge in [-0.25, -0.2) is 0 Å². The molecule has 1 aromatic carbocycles. The second-order valence-electron chi connectivity index (χ2n) is 3.35. The molecule has 16 heavy (non-hydrogen) atoms. The van der Waals surface area contributed by atoms with Crippen LogP contribution >= 0.6 is 15.9 Å². The lowest BCUT2D eigenvalue weighted by Crippen LogP contribution is -2.10. The van der Waals surface area contributed by atoms with E-state index in [0.717, 1.165) is 6.07 Å². The highest BCUT2D eigenvalue weighted by molar-refractivity contribution is 9.10. The zero-order valence-electron chi connectivity index (χ0n) is 8.31. The lowest BCUT2D eigenvalue weighted by molar-refractivity contribution is -0.138. The Morgan fingerprint density at radius 1 is 1.31 bits per heavy atom. The van der Waals surface area contributed by atoms with Crippen molar-refractivity contribution in [2.75, 3.05) is 6.54 Å². The van der Waals surface area contributed by atoms with E-state index in [-0.39, 0.29) is 16.5 Å². The molecule has 0 fully saturated rings. The summed E-state index contributed by atoms with van der Waals surface area (Å²) >= 11 is 2.99.